The second kappa shape index (κ2) is 4.28. The highest BCUT2D eigenvalue weighted by Gasteiger charge is 2.34. The second-order valence-electron chi connectivity index (χ2n) is 6.58. The summed E-state index contributed by atoms with van der Waals surface area (Å²) in [5.74, 6) is 0. The van der Waals surface area contributed by atoms with Crippen molar-refractivity contribution >= 4 is 0 Å². The fourth-order valence-electron chi connectivity index (χ4n) is 2.90. The number of ether oxygens (including phenoxy) is 1. The van der Waals surface area contributed by atoms with Crippen LogP contribution in [-0.2, 0) is 4.74 Å². The molecule has 2 fully saturated rings. The Morgan fingerprint density at radius 1 is 1.31 bits per heavy atom. The largest absolute Gasteiger partial charge is 0.371 e. The van der Waals surface area contributed by atoms with Gasteiger partial charge in [-0.2, -0.15) is 0 Å². The molecule has 0 aromatic heterocycles. The monoisotopic (exact) mass is 226 g/mol. The van der Waals surface area contributed by atoms with Gasteiger partial charge in [0.1, 0.15) is 0 Å². The lowest BCUT2D eigenvalue weighted by atomic mass is 10.0. The number of hydrogen-bond donors (Lipinski definition) is 1. The maximum absolute atomic E-state index is 6.06. The Labute approximate surface area is 99.5 Å². The van der Waals surface area contributed by atoms with Gasteiger partial charge in [-0.15, -0.1) is 0 Å². The molecule has 1 atom stereocenters. The molecule has 0 radical (unpaired) electrons. The summed E-state index contributed by atoms with van der Waals surface area (Å²) in [6.07, 6.45) is 2.87. The van der Waals surface area contributed by atoms with E-state index in [1.165, 1.54) is 12.8 Å². The van der Waals surface area contributed by atoms with E-state index in [0.717, 1.165) is 26.2 Å². The Morgan fingerprint density at radius 3 is 2.62 bits per heavy atom. The number of nitrogens with zero attached hydrogens (tertiary/aromatic N) is 1. The highest BCUT2D eigenvalue weighted by Crippen LogP contribution is 2.30. The summed E-state index contributed by atoms with van der Waals surface area (Å²) < 4.78 is 6.06. The first-order valence-corrected chi connectivity index (χ1v) is 6.52. The molecule has 94 valence electrons. The molecule has 0 spiro atoms. The van der Waals surface area contributed by atoms with Crippen LogP contribution in [0.4, 0.5) is 0 Å². The molecule has 0 aliphatic carbocycles. The first-order chi connectivity index (χ1) is 7.36. The van der Waals surface area contributed by atoms with Crippen LogP contribution in [0.15, 0.2) is 0 Å². The summed E-state index contributed by atoms with van der Waals surface area (Å²) in [6, 6.07) is 0. The van der Waals surface area contributed by atoms with Crippen molar-refractivity contribution in [3.05, 3.63) is 0 Å². The molecule has 16 heavy (non-hydrogen) atoms. The highest BCUT2D eigenvalue weighted by molar-refractivity contribution is 4.89. The molecule has 0 amide bonds. The molecule has 0 aromatic rings. The Morgan fingerprint density at radius 2 is 2.06 bits per heavy atom. The smallest absolute Gasteiger partial charge is 0.0710 e. The lowest BCUT2D eigenvalue weighted by Gasteiger charge is -2.40. The van der Waals surface area contributed by atoms with Crippen LogP contribution in [0, 0.1) is 0 Å². The minimum Gasteiger partial charge on any atom is -0.371 e. The maximum atomic E-state index is 6.06. The van der Waals surface area contributed by atoms with Gasteiger partial charge in [-0.3, -0.25) is 4.90 Å². The average molecular weight is 226 g/mol. The molecule has 0 aromatic carbocycles. The minimum absolute atomic E-state index is 0.105. The molecule has 2 aliphatic heterocycles. The van der Waals surface area contributed by atoms with Crippen LogP contribution in [0.25, 0.3) is 0 Å². The molecule has 3 nitrogen and oxygen atoms in total. The van der Waals surface area contributed by atoms with Crippen LogP contribution < -0.4 is 5.32 Å². The Kier molecular flexibility index (Phi) is 3.30. The molecule has 1 unspecified atom stereocenters. The van der Waals surface area contributed by atoms with E-state index in [0.29, 0.717) is 6.10 Å². The molecule has 2 heterocycles. The zero-order valence-electron chi connectivity index (χ0n) is 11.2. The number of nitrogens with one attached hydrogen (secondary N) is 1. The normalized spacial score (nSPS) is 34.1. The SMILES string of the molecule is CC1(C)CN(CC2CCC(C)(C)O2)CCN1. The highest BCUT2D eigenvalue weighted by atomic mass is 16.5. The molecule has 2 rings (SSSR count). The summed E-state index contributed by atoms with van der Waals surface area (Å²) in [5, 5.41) is 3.55. The van der Waals surface area contributed by atoms with E-state index in [9.17, 15) is 0 Å². The second-order valence-corrected chi connectivity index (χ2v) is 6.58. The summed E-state index contributed by atoms with van der Waals surface area (Å²) in [5.41, 5.74) is 0.362. The van der Waals surface area contributed by atoms with E-state index in [-0.39, 0.29) is 11.1 Å². The number of hydrogen-bond acceptors (Lipinski definition) is 3. The Balaban J connectivity index is 1.82. The van der Waals surface area contributed by atoms with Gasteiger partial charge in [-0.1, -0.05) is 0 Å². The standard InChI is InChI=1S/C13H26N2O/c1-12(2)10-15(8-7-14-12)9-11-5-6-13(3,4)16-11/h11,14H,5-10H2,1-4H3. The predicted molar refractivity (Wildman–Crippen MR) is 66.7 cm³/mol. The van der Waals surface area contributed by atoms with Crippen molar-refractivity contribution in [1.82, 2.24) is 10.2 Å². The molecular formula is C13H26N2O. The summed E-state index contributed by atoms with van der Waals surface area (Å²) in [7, 11) is 0. The third-order valence-corrected chi connectivity index (χ3v) is 3.67. The van der Waals surface area contributed by atoms with Gasteiger partial charge in [-0.05, 0) is 40.5 Å². The lowest BCUT2D eigenvalue weighted by Crippen LogP contribution is -2.58. The number of rotatable bonds is 2. The van der Waals surface area contributed by atoms with Crippen molar-refractivity contribution in [2.45, 2.75) is 57.8 Å². The zero-order chi connectivity index (χ0) is 11.8. The first kappa shape index (κ1) is 12.3. The zero-order valence-corrected chi connectivity index (χ0v) is 11.2. The van der Waals surface area contributed by atoms with Gasteiger partial charge in [0.05, 0.1) is 11.7 Å². The third-order valence-electron chi connectivity index (χ3n) is 3.67. The minimum atomic E-state index is 0.105. The van der Waals surface area contributed by atoms with Crippen LogP contribution in [0.5, 0.6) is 0 Å². The van der Waals surface area contributed by atoms with Gasteiger partial charge in [-0.25, -0.2) is 0 Å². The predicted octanol–water partition coefficient (Wildman–Crippen LogP) is 1.63. The van der Waals surface area contributed by atoms with Gasteiger partial charge < -0.3 is 10.1 Å². The van der Waals surface area contributed by atoms with E-state index in [1.54, 1.807) is 0 Å². The fourth-order valence-corrected chi connectivity index (χ4v) is 2.90. The van der Waals surface area contributed by atoms with E-state index in [1.807, 2.05) is 0 Å². The molecule has 0 saturated carbocycles. The average Bonchev–Trinajstić information content (AvgIpc) is 2.43. The topological polar surface area (TPSA) is 24.5 Å². The van der Waals surface area contributed by atoms with Crippen molar-refractivity contribution in [2.75, 3.05) is 26.2 Å². The van der Waals surface area contributed by atoms with Crippen LogP contribution in [0.2, 0.25) is 0 Å². The third kappa shape index (κ3) is 3.19. The van der Waals surface area contributed by atoms with Crippen molar-refractivity contribution in [3.63, 3.8) is 0 Å². The van der Waals surface area contributed by atoms with Gasteiger partial charge >= 0.3 is 0 Å². The van der Waals surface area contributed by atoms with E-state index >= 15 is 0 Å². The van der Waals surface area contributed by atoms with Gasteiger partial charge in [0.2, 0.25) is 0 Å². The van der Waals surface area contributed by atoms with E-state index in [4.69, 9.17) is 4.74 Å². The Bertz CT molecular complexity index is 250. The molecule has 2 saturated heterocycles. The van der Waals surface area contributed by atoms with Gasteiger partial charge in [0.25, 0.3) is 0 Å². The van der Waals surface area contributed by atoms with E-state index in [2.05, 4.69) is 37.9 Å². The van der Waals surface area contributed by atoms with Crippen LogP contribution in [0.1, 0.15) is 40.5 Å². The molecular weight excluding hydrogens is 200 g/mol. The Hall–Kier alpha value is -0.120. The van der Waals surface area contributed by atoms with Crippen molar-refractivity contribution in [2.24, 2.45) is 0 Å². The summed E-state index contributed by atoms with van der Waals surface area (Å²) in [4.78, 5) is 2.54. The van der Waals surface area contributed by atoms with Crippen LogP contribution in [0.3, 0.4) is 0 Å². The van der Waals surface area contributed by atoms with E-state index < -0.39 is 0 Å². The van der Waals surface area contributed by atoms with Crippen LogP contribution in [-0.4, -0.2) is 48.3 Å². The summed E-state index contributed by atoms with van der Waals surface area (Å²) in [6.45, 7) is 13.5. The first-order valence-electron chi connectivity index (χ1n) is 6.52. The van der Waals surface area contributed by atoms with Crippen molar-refractivity contribution in [1.29, 1.82) is 0 Å². The molecule has 0 bridgehead atoms. The van der Waals surface area contributed by atoms with Crippen molar-refractivity contribution in [3.8, 4) is 0 Å². The molecule has 3 heteroatoms. The van der Waals surface area contributed by atoms with Gasteiger partial charge in [0.15, 0.2) is 0 Å². The van der Waals surface area contributed by atoms with Crippen molar-refractivity contribution < 1.29 is 4.74 Å². The molecule has 2 aliphatic rings. The lowest BCUT2D eigenvalue weighted by molar-refractivity contribution is -0.0335. The fraction of sp³-hybridized carbons (Fsp3) is 1.00. The maximum Gasteiger partial charge on any atom is 0.0710 e. The summed E-state index contributed by atoms with van der Waals surface area (Å²) >= 11 is 0. The van der Waals surface area contributed by atoms with Crippen LogP contribution >= 0.6 is 0 Å². The molecule has 1 N–H and O–H groups in total. The van der Waals surface area contributed by atoms with Gasteiger partial charge in [0, 0.05) is 31.7 Å². The number of piperazine rings is 1. The quantitative estimate of drug-likeness (QED) is 0.774.